The molecule has 1 amide bonds. The Morgan fingerprint density at radius 2 is 1.59 bits per heavy atom. The smallest absolute Gasteiger partial charge is 0.247 e. The highest BCUT2D eigenvalue weighted by Gasteiger charge is 2.39. The maximum absolute atomic E-state index is 13.2. The van der Waals surface area contributed by atoms with Crippen molar-refractivity contribution in [1.29, 1.82) is 0 Å². The van der Waals surface area contributed by atoms with Gasteiger partial charge < -0.3 is 0 Å². The molecule has 0 spiro atoms. The number of nitrogens with zero attached hydrogens (tertiary/aromatic N) is 3. The average Bonchev–Trinajstić information content (AvgIpc) is 3.06. The van der Waals surface area contributed by atoms with Gasteiger partial charge in [-0.15, -0.1) is 5.10 Å². The molecule has 4 nitrogen and oxygen atoms in total. The van der Waals surface area contributed by atoms with Gasteiger partial charge in [-0.2, -0.15) is 5.10 Å². The SMILES string of the molecule is O=C1[C@H](Cc2ccccc2)S/C(=N\N=C/c2ccccc2Cl)N1c1ccccc1. The molecular formula is C23H18ClN3OS. The fourth-order valence-corrected chi connectivity index (χ4v) is 4.35. The van der Waals surface area contributed by atoms with E-state index in [0.717, 1.165) is 16.8 Å². The summed E-state index contributed by atoms with van der Waals surface area (Å²) in [6.07, 6.45) is 2.25. The zero-order valence-corrected chi connectivity index (χ0v) is 17.1. The highest BCUT2D eigenvalue weighted by atomic mass is 35.5. The molecular weight excluding hydrogens is 402 g/mol. The van der Waals surface area contributed by atoms with Crippen molar-refractivity contribution in [3.8, 4) is 0 Å². The summed E-state index contributed by atoms with van der Waals surface area (Å²) in [5, 5.41) is 9.48. The summed E-state index contributed by atoms with van der Waals surface area (Å²) < 4.78 is 0. The minimum atomic E-state index is -0.244. The minimum Gasteiger partial charge on any atom is -0.273 e. The Morgan fingerprint density at radius 1 is 0.931 bits per heavy atom. The lowest BCUT2D eigenvalue weighted by atomic mass is 10.1. The van der Waals surface area contributed by atoms with Gasteiger partial charge in [-0.1, -0.05) is 90.1 Å². The van der Waals surface area contributed by atoms with E-state index < -0.39 is 0 Å². The van der Waals surface area contributed by atoms with E-state index in [9.17, 15) is 4.79 Å². The Bertz CT molecular complexity index is 1050. The molecule has 1 aliphatic heterocycles. The molecule has 0 bridgehead atoms. The van der Waals surface area contributed by atoms with Crippen LogP contribution in [0.4, 0.5) is 5.69 Å². The molecule has 0 N–H and O–H groups in total. The first-order valence-electron chi connectivity index (χ1n) is 9.17. The Hall–Kier alpha value is -2.89. The first kappa shape index (κ1) is 19.4. The molecule has 0 aromatic heterocycles. The predicted molar refractivity (Wildman–Crippen MR) is 122 cm³/mol. The molecule has 144 valence electrons. The molecule has 0 aliphatic carbocycles. The highest BCUT2D eigenvalue weighted by Crippen LogP contribution is 2.33. The van der Waals surface area contributed by atoms with Crippen molar-refractivity contribution in [2.75, 3.05) is 4.90 Å². The number of hydrogen-bond acceptors (Lipinski definition) is 4. The second-order valence-corrected chi connectivity index (χ2v) is 8.03. The van der Waals surface area contributed by atoms with Crippen LogP contribution in [0.2, 0.25) is 5.02 Å². The first-order valence-corrected chi connectivity index (χ1v) is 10.4. The Kier molecular flexibility index (Phi) is 6.08. The van der Waals surface area contributed by atoms with Crippen molar-refractivity contribution >= 4 is 46.3 Å². The fourth-order valence-electron chi connectivity index (χ4n) is 3.03. The van der Waals surface area contributed by atoms with E-state index >= 15 is 0 Å². The van der Waals surface area contributed by atoms with Crippen molar-refractivity contribution in [1.82, 2.24) is 0 Å². The van der Waals surface area contributed by atoms with Crippen molar-refractivity contribution < 1.29 is 4.79 Å². The number of carbonyl (C=O) groups excluding carboxylic acids is 1. The lowest BCUT2D eigenvalue weighted by molar-refractivity contribution is -0.116. The zero-order chi connectivity index (χ0) is 20.1. The fraction of sp³-hybridized carbons (Fsp3) is 0.0870. The van der Waals surface area contributed by atoms with Crippen LogP contribution in [-0.2, 0) is 11.2 Å². The molecule has 0 saturated carbocycles. The van der Waals surface area contributed by atoms with Crippen molar-refractivity contribution in [3.63, 3.8) is 0 Å². The van der Waals surface area contributed by atoms with Crippen LogP contribution < -0.4 is 4.90 Å². The Balaban J connectivity index is 1.62. The number of anilines is 1. The summed E-state index contributed by atoms with van der Waals surface area (Å²) in [6.45, 7) is 0. The van der Waals surface area contributed by atoms with Gasteiger partial charge in [0.25, 0.3) is 0 Å². The van der Waals surface area contributed by atoms with Crippen LogP contribution in [0.25, 0.3) is 0 Å². The number of benzene rings is 3. The molecule has 0 radical (unpaired) electrons. The van der Waals surface area contributed by atoms with Gasteiger partial charge in [0.15, 0.2) is 5.17 Å². The van der Waals surface area contributed by atoms with E-state index in [1.54, 1.807) is 17.2 Å². The molecule has 0 unspecified atom stereocenters. The van der Waals surface area contributed by atoms with E-state index in [-0.39, 0.29) is 11.2 Å². The maximum Gasteiger partial charge on any atom is 0.247 e. The van der Waals surface area contributed by atoms with E-state index in [2.05, 4.69) is 10.2 Å². The number of halogens is 1. The molecule has 6 heteroatoms. The number of carbonyl (C=O) groups is 1. The molecule has 1 fully saturated rings. The summed E-state index contributed by atoms with van der Waals surface area (Å²) in [7, 11) is 0. The molecule has 1 saturated heterocycles. The molecule has 4 rings (SSSR count). The van der Waals surface area contributed by atoms with Gasteiger partial charge in [0, 0.05) is 10.6 Å². The van der Waals surface area contributed by atoms with Crippen LogP contribution >= 0.6 is 23.4 Å². The van der Waals surface area contributed by atoms with Crippen LogP contribution in [0.3, 0.4) is 0 Å². The lowest BCUT2D eigenvalue weighted by Crippen LogP contribution is -2.32. The maximum atomic E-state index is 13.2. The minimum absolute atomic E-state index is 0.0109. The van der Waals surface area contributed by atoms with Crippen LogP contribution in [0.5, 0.6) is 0 Å². The van der Waals surface area contributed by atoms with Gasteiger partial charge in [-0.05, 0) is 30.2 Å². The monoisotopic (exact) mass is 419 g/mol. The van der Waals surface area contributed by atoms with E-state index in [0.29, 0.717) is 16.6 Å². The number of rotatable bonds is 5. The van der Waals surface area contributed by atoms with Gasteiger partial charge in [-0.25, -0.2) is 0 Å². The summed E-state index contributed by atoms with van der Waals surface area (Å²) in [5.41, 5.74) is 2.68. The van der Waals surface area contributed by atoms with Crippen LogP contribution in [0.1, 0.15) is 11.1 Å². The van der Waals surface area contributed by atoms with Crippen molar-refractivity contribution in [3.05, 3.63) is 101 Å². The summed E-state index contributed by atoms with van der Waals surface area (Å²) in [6, 6.07) is 27.0. The largest absolute Gasteiger partial charge is 0.273 e. The summed E-state index contributed by atoms with van der Waals surface area (Å²) in [5.74, 6) is 0.0109. The third kappa shape index (κ3) is 4.58. The predicted octanol–water partition coefficient (Wildman–Crippen LogP) is 5.42. The topological polar surface area (TPSA) is 45.0 Å². The van der Waals surface area contributed by atoms with Crippen molar-refractivity contribution in [2.24, 2.45) is 10.2 Å². The van der Waals surface area contributed by atoms with Gasteiger partial charge in [0.05, 0.1) is 17.2 Å². The Morgan fingerprint density at radius 3 is 2.31 bits per heavy atom. The number of para-hydroxylation sites is 1. The summed E-state index contributed by atoms with van der Waals surface area (Å²) >= 11 is 7.61. The number of hydrogen-bond donors (Lipinski definition) is 0. The molecule has 1 aliphatic rings. The third-order valence-electron chi connectivity index (χ3n) is 4.46. The van der Waals surface area contributed by atoms with E-state index in [4.69, 9.17) is 11.6 Å². The zero-order valence-electron chi connectivity index (χ0n) is 15.5. The van der Waals surface area contributed by atoms with Crippen molar-refractivity contribution in [2.45, 2.75) is 11.7 Å². The van der Waals surface area contributed by atoms with E-state index in [1.807, 2.05) is 78.9 Å². The van der Waals surface area contributed by atoms with E-state index in [1.165, 1.54) is 11.8 Å². The first-order chi connectivity index (χ1) is 14.2. The number of amidine groups is 1. The average molecular weight is 420 g/mol. The second-order valence-electron chi connectivity index (χ2n) is 6.45. The standard InChI is InChI=1S/C23H18ClN3OS/c24-20-14-8-7-11-18(20)16-25-26-23-27(19-12-5-2-6-13-19)22(28)21(29-23)15-17-9-3-1-4-10-17/h1-14,16,21H,15H2/b25-16-,26-23-/t21-/m0/s1. The van der Waals surface area contributed by atoms with Crippen LogP contribution in [-0.4, -0.2) is 22.5 Å². The lowest BCUT2D eigenvalue weighted by Gasteiger charge is -2.15. The third-order valence-corrected chi connectivity index (χ3v) is 5.93. The number of amides is 1. The van der Waals surface area contributed by atoms with Gasteiger partial charge in [-0.3, -0.25) is 9.69 Å². The molecule has 29 heavy (non-hydrogen) atoms. The van der Waals surface area contributed by atoms with Crippen LogP contribution in [0, 0.1) is 0 Å². The quantitative estimate of drug-likeness (QED) is 0.409. The van der Waals surface area contributed by atoms with Gasteiger partial charge >= 0.3 is 0 Å². The summed E-state index contributed by atoms with van der Waals surface area (Å²) in [4.78, 5) is 14.8. The molecule has 1 atom stereocenters. The van der Waals surface area contributed by atoms with Gasteiger partial charge in [0.1, 0.15) is 0 Å². The van der Waals surface area contributed by atoms with Gasteiger partial charge in [0.2, 0.25) is 5.91 Å². The van der Waals surface area contributed by atoms with Crippen LogP contribution in [0.15, 0.2) is 95.1 Å². The highest BCUT2D eigenvalue weighted by molar-refractivity contribution is 8.16. The molecule has 1 heterocycles. The second kappa shape index (κ2) is 9.07. The molecule has 3 aromatic carbocycles. The Labute approximate surface area is 178 Å². The number of thioether (sulfide) groups is 1. The molecule has 3 aromatic rings. The normalized spacial score (nSPS) is 18.1.